The summed E-state index contributed by atoms with van der Waals surface area (Å²) >= 11 is 6.93. The number of hydrogen-bond acceptors (Lipinski definition) is 6. The van der Waals surface area contributed by atoms with Crippen LogP contribution in [-0.2, 0) is 16.1 Å². The van der Waals surface area contributed by atoms with Crippen molar-refractivity contribution in [2.75, 3.05) is 11.1 Å². The molecule has 0 aliphatic carbocycles. The summed E-state index contributed by atoms with van der Waals surface area (Å²) in [6, 6.07) is 8.50. The molecule has 11 heteroatoms. The van der Waals surface area contributed by atoms with Crippen LogP contribution < -0.4 is 11.1 Å². The highest BCUT2D eigenvalue weighted by molar-refractivity contribution is 9.10. The number of aromatic nitrogens is 4. The number of amides is 2. The minimum atomic E-state index is -0.637. The van der Waals surface area contributed by atoms with Crippen molar-refractivity contribution in [3.8, 4) is 0 Å². The molecule has 2 atom stereocenters. The lowest BCUT2D eigenvalue weighted by Crippen LogP contribution is -2.48. The van der Waals surface area contributed by atoms with Gasteiger partial charge in [-0.2, -0.15) is 0 Å². The van der Waals surface area contributed by atoms with E-state index in [9.17, 15) is 9.59 Å². The standard InChI is InChI=1S/C26H27Br2N7O2/c1-13-8-17-15(9-16(13)27)22-23(29)30-12-31-24(22)34(17)11-21(36)35-14(2)26(3,4)10-18(35)25(37)33-20-7-5-6-19(28)32-20/h5-9,12,14,18H,10-11H2,1-4H3,(H2,29,30,31)(H,32,33,37)/t14-,18+/m1/s1. The van der Waals surface area contributed by atoms with Crippen molar-refractivity contribution in [1.82, 2.24) is 24.4 Å². The Balaban J connectivity index is 1.53. The van der Waals surface area contributed by atoms with Gasteiger partial charge in [0.2, 0.25) is 11.8 Å². The third-order valence-corrected chi connectivity index (χ3v) is 8.70. The summed E-state index contributed by atoms with van der Waals surface area (Å²) in [6.45, 7) is 8.16. The van der Waals surface area contributed by atoms with Gasteiger partial charge in [0.05, 0.1) is 10.9 Å². The number of nitrogen functional groups attached to an aromatic ring is 1. The van der Waals surface area contributed by atoms with E-state index in [1.165, 1.54) is 6.33 Å². The highest BCUT2D eigenvalue weighted by Crippen LogP contribution is 2.41. The highest BCUT2D eigenvalue weighted by atomic mass is 79.9. The maximum Gasteiger partial charge on any atom is 0.248 e. The Kier molecular flexibility index (Phi) is 6.47. The summed E-state index contributed by atoms with van der Waals surface area (Å²) in [5.74, 6) is 0.355. The number of likely N-dealkylation sites (tertiary alicyclic amines) is 1. The minimum absolute atomic E-state index is 0.0108. The van der Waals surface area contributed by atoms with Crippen LogP contribution in [0.3, 0.4) is 0 Å². The average Bonchev–Trinajstić information content (AvgIpc) is 3.25. The van der Waals surface area contributed by atoms with Gasteiger partial charge in [0, 0.05) is 15.9 Å². The molecule has 1 aliphatic heterocycles. The zero-order valence-corrected chi connectivity index (χ0v) is 24.1. The Morgan fingerprint density at radius 1 is 1.22 bits per heavy atom. The Labute approximate surface area is 231 Å². The molecule has 1 saturated heterocycles. The lowest BCUT2D eigenvalue weighted by molar-refractivity contribution is -0.139. The van der Waals surface area contributed by atoms with E-state index in [0.717, 1.165) is 20.9 Å². The van der Waals surface area contributed by atoms with E-state index in [2.05, 4.69) is 66.0 Å². The van der Waals surface area contributed by atoms with Crippen LogP contribution in [0.1, 0.15) is 32.8 Å². The van der Waals surface area contributed by atoms with Gasteiger partial charge in [0.1, 0.15) is 40.8 Å². The lowest BCUT2D eigenvalue weighted by atomic mass is 9.84. The molecule has 0 spiro atoms. The molecule has 1 aromatic carbocycles. The molecule has 0 bridgehead atoms. The fourth-order valence-corrected chi connectivity index (χ4v) is 5.83. The Hall–Kier alpha value is -3.05. The third kappa shape index (κ3) is 4.48. The van der Waals surface area contributed by atoms with Crippen molar-refractivity contribution in [1.29, 1.82) is 0 Å². The maximum absolute atomic E-state index is 14.0. The van der Waals surface area contributed by atoms with Crippen molar-refractivity contribution in [3.05, 3.63) is 51.3 Å². The highest BCUT2D eigenvalue weighted by Gasteiger charge is 2.49. The fourth-order valence-electron chi connectivity index (χ4n) is 5.14. The number of pyridine rings is 1. The number of nitrogens with one attached hydrogen (secondary N) is 1. The number of nitrogens with two attached hydrogens (primary N) is 1. The van der Waals surface area contributed by atoms with E-state index in [1.807, 2.05) is 30.5 Å². The van der Waals surface area contributed by atoms with Crippen LogP contribution >= 0.6 is 31.9 Å². The number of aryl methyl sites for hydroxylation is 1. The van der Waals surface area contributed by atoms with E-state index >= 15 is 0 Å². The molecule has 9 nitrogen and oxygen atoms in total. The van der Waals surface area contributed by atoms with Crippen molar-refractivity contribution in [3.63, 3.8) is 0 Å². The van der Waals surface area contributed by atoms with Crippen LogP contribution in [-0.4, -0.2) is 48.3 Å². The lowest BCUT2D eigenvalue weighted by Gasteiger charge is -2.31. The largest absolute Gasteiger partial charge is 0.383 e. The molecular weight excluding hydrogens is 602 g/mol. The van der Waals surface area contributed by atoms with E-state index < -0.39 is 6.04 Å². The average molecular weight is 629 g/mol. The molecule has 0 radical (unpaired) electrons. The number of nitrogens with zero attached hydrogens (tertiary/aromatic N) is 5. The Morgan fingerprint density at radius 3 is 2.70 bits per heavy atom. The van der Waals surface area contributed by atoms with Gasteiger partial charge < -0.3 is 20.5 Å². The molecule has 5 rings (SSSR count). The molecule has 1 aliphatic rings. The van der Waals surface area contributed by atoms with Crippen LogP contribution in [0.4, 0.5) is 11.6 Å². The number of halogens is 2. The van der Waals surface area contributed by atoms with Gasteiger partial charge in [-0.05, 0) is 71.4 Å². The van der Waals surface area contributed by atoms with Crippen molar-refractivity contribution >= 4 is 77.2 Å². The summed E-state index contributed by atoms with van der Waals surface area (Å²) in [7, 11) is 0. The number of benzene rings is 1. The van der Waals surface area contributed by atoms with Crippen LogP contribution in [0.15, 0.2) is 45.7 Å². The maximum atomic E-state index is 14.0. The van der Waals surface area contributed by atoms with Crippen LogP contribution in [0, 0.1) is 12.3 Å². The zero-order chi connectivity index (χ0) is 26.6. The topological polar surface area (TPSA) is 119 Å². The SMILES string of the molecule is Cc1cc2c(cc1Br)c1c(N)ncnc1n2CC(=O)N1[C@H](C(=O)Nc2cccc(Br)n2)CC(C)(C)[C@H]1C. The van der Waals surface area contributed by atoms with Gasteiger partial charge >= 0.3 is 0 Å². The molecule has 192 valence electrons. The van der Waals surface area contributed by atoms with Gasteiger partial charge in [0.25, 0.3) is 0 Å². The second kappa shape index (κ2) is 9.36. The molecular formula is C26H27Br2N7O2. The molecule has 3 N–H and O–H groups in total. The normalized spacial score (nSPS) is 19.0. The Morgan fingerprint density at radius 2 is 1.97 bits per heavy atom. The van der Waals surface area contributed by atoms with Gasteiger partial charge in [-0.25, -0.2) is 15.0 Å². The molecule has 0 saturated carbocycles. The van der Waals surface area contributed by atoms with Gasteiger partial charge in [0.15, 0.2) is 0 Å². The van der Waals surface area contributed by atoms with Gasteiger partial charge in [-0.15, -0.1) is 0 Å². The first-order valence-electron chi connectivity index (χ1n) is 11.9. The predicted molar refractivity (Wildman–Crippen MR) is 151 cm³/mol. The van der Waals surface area contributed by atoms with Crippen molar-refractivity contribution < 1.29 is 9.59 Å². The minimum Gasteiger partial charge on any atom is -0.383 e. The summed E-state index contributed by atoms with van der Waals surface area (Å²) in [5.41, 5.74) is 8.43. The third-order valence-electron chi connectivity index (χ3n) is 7.40. The van der Waals surface area contributed by atoms with E-state index in [4.69, 9.17) is 5.73 Å². The first kappa shape index (κ1) is 25.6. The van der Waals surface area contributed by atoms with Crippen LogP contribution in [0.25, 0.3) is 21.9 Å². The molecule has 1 fully saturated rings. The summed E-state index contributed by atoms with van der Waals surface area (Å²) in [6.07, 6.45) is 1.94. The summed E-state index contributed by atoms with van der Waals surface area (Å²) in [5, 5.41) is 4.45. The van der Waals surface area contributed by atoms with Gasteiger partial charge in [-0.1, -0.05) is 35.8 Å². The number of anilines is 2. The molecule has 2 amide bonds. The molecule has 4 aromatic rings. The van der Waals surface area contributed by atoms with Crippen LogP contribution in [0.5, 0.6) is 0 Å². The number of carbonyl (C=O) groups is 2. The second-order valence-electron chi connectivity index (χ2n) is 10.2. The Bertz CT molecular complexity index is 1570. The van der Waals surface area contributed by atoms with Crippen LogP contribution in [0.2, 0.25) is 0 Å². The predicted octanol–water partition coefficient (Wildman–Crippen LogP) is 5.05. The molecule has 4 heterocycles. The fraction of sp³-hybridized carbons (Fsp3) is 0.346. The number of rotatable bonds is 4. The van der Waals surface area contributed by atoms with Gasteiger partial charge in [-0.3, -0.25) is 9.59 Å². The monoisotopic (exact) mass is 627 g/mol. The smallest absolute Gasteiger partial charge is 0.248 e. The molecule has 0 unspecified atom stereocenters. The number of hydrogen-bond donors (Lipinski definition) is 2. The number of carbonyl (C=O) groups excluding carboxylic acids is 2. The van der Waals surface area contributed by atoms with E-state index in [0.29, 0.717) is 33.7 Å². The van der Waals surface area contributed by atoms with Crippen molar-refractivity contribution in [2.45, 2.75) is 52.7 Å². The summed E-state index contributed by atoms with van der Waals surface area (Å²) in [4.78, 5) is 42.1. The number of fused-ring (bicyclic) bond motifs is 3. The first-order chi connectivity index (χ1) is 17.5. The molecule has 3 aromatic heterocycles. The van der Waals surface area contributed by atoms with E-state index in [1.54, 1.807) is 23.1 Å². The zero-order valence-electron chi connectivity index (χ0n) is 20.9. The second-order valence-corrected chi connectivity index (χ2v) is 11.8. The van der Waals surface area contributed by atoms with Crippen molar-refractivity contribution in [2.24, 2.45) is 5.41 Å². The molecule has 37 heavy (non-hydrogen) atoms. The first-order valence-corrected chi connectivity index (χ1v) is 13.5. The quantitative estimate of drug-likeness (QED) is 0.305. The summed E-state index contributed by atoms with van der Waals surface area (Å²) < 4.78 is 3.42. The van der Waals surface area contributed by atoms with E-state index in [-0.39, 0.29) is 29.8 Å².